The zero-order chi connectivity index (χ0) is 28.0. The number of carbonyl (C=O) groups excluding carboxylic acids is 3. The molecule has 10 nitrogen and oxygen atoms in total. The van der Waals surface area contributed by atoms with Crippen molar-refractivity contribution in [3.05, 3.63) is 65.8 Å². The van der Waals surface area contributed by atoms with Gasteiger partial charge in [0.05, 0.1) is 12.8 Å². The summed E-state index contributed by atoms with van der Waals surface area (Å²) >= 11 is 0. The maximum atomic E-state index is 13.8. The Morgan fingerprint density at radius 3 is 2.38 bits per heavy atom. The molecule has 1 aliphatic rings. The second-order valence-electron chi connectivity index (χ2n) is 10.2. The number of nitrogens with one attached hydrogen (secondary N) is 3. The van der Waals surface area contributed by atoms with E-state index in [2.05, 4.69) is 26.1 Å². The first kappa shape index (κ1) is 27.7. The van der Waals surface area contributed by atoms with Crippen LogP contribution in [-0.4, -0.2) is 40.6 Å². The van der Waals surface area contributed by atoms with Gasteiger partial charge in [0.15, 0.2) is 0 Å². The smallest absolute Gasteiger partial charge is 0.330 e. The van der Waals surface area contributed by atoms with Gasteiger partial charge in [-0.25, -0.2) is 9.18 Å². The fourth-order valence-corrected chi connectivity index (χ4v) is 4.73. The Kier molecular flexibility index (Phi) is 8.58. The van der Waals surface area contributed by atoms with Crippen molar-refractivity contribution >= 4 is 35.2 Å². The van der Waals surface area contributed by atoms with E-state index in [0.29, 0.717) is 18.0 Å². The Bertz CT molecular complexity index is 1320. The number of methoxy groups -OCH3 is 1. The number of hydrogen-bond acceptors (Lipinski definition) is 8. The monoisotopic (exact) mass is 537 g/mol. The van der Waals surface area contributed by atoms with Crippen molar-refractivity contribution in [2.24, 2.45) is 5.92 Å². The quantitative estimate of drug-likeness (QED) is 0.327. The van der Waals surface area contributed by atoms with Crippen LogP contribution < -0.4 is 16.0 Å². The van der Waals surface area contributed by atoms with Gasteiger partial charge < -0.3 is 25.1 Å². The molecular formula is C28H32FN5O5. The van der Waals surface area contributed by atoms with E-state index in [0.717, 1.165) is 31.2 Å². The fraction of sp³-hybridized carbons (Fsp3) is 0.393. The Morgan fingerprint density at radius 1 is 1.03 bits per heavy atom. The molecule has 1 heterocycles. The fourth-order valence-electron chi connectivity index (χ4n) is 4.73. The van der Waals surface area contributed by atoms with E-state index in [1.807, 2.05) is 24.3 Å². The van der Waals surface area contributed by atoms with E-state index in [9.17, 15) is 18.8 Å². The number of amides is 2. The van der Waals surface area contributed by atoms with E-state index in [-0.39, 0.29) is 29.4 Å². The summed E-state index contributed by atoms with van der Waals surface area (Å²) < 4.78 is 23.8. The van der Waals surface area contributed by atoms with Gasteiger partial charge >= 0.3 is 23.8 Å². The van der Waals surface area contributed by atoms with Gasteiger partial charge in [-0.15, -0.1) is 5.10 Å². The van der Waals surface area contributed by atoms with E-state index in [1.165, 1.54) is 19.2 Å². The lowest BCUT2D eigenvalue weighted by atomic mass is 9.77. The van der Waals surface area contributed by atoms with Crippen molar-refractivity contribution in [1.29, 1.82) is 0 Å². The summed E-state index contributed by atoms with van der Waals surface area (Å²) in [7, 11) is 1.30. The molecule has 2 amide bonds. The molecule has 0 radical (unpaired) electrons. The summed E-state index contributed by atoms with van der Waals surface area (Å²) in [5, 5.41) is 15.6. The highest BCUT2D eigenvalue weighted by atomic mass is 19.1. The van der Waals surface area contributed by atoms with Crippen LogP contribution in [0.15, 0.2) is 52.9 Å². The lowest BCUT2D eigenvalue weighted by Gasteiger charge is -2.30. The third-order valence-corrected chi connectivity index (χ3v) is 6.84. The molecule has 0 unspecified atom stereocenters. The van der Waals surface area contributed by atoms with Gasteiger partial charge in [0, 0.05) is 12.1 Å². The standard InChI is InChI=1S/C28H32FN5O5/c1-28(2,26(37)38-3)32-23(35)16-17-8-10-18(11-9-17)19-12-14-20(15-13-19)30-24(36)25-33-34-27(39-25)31-22-7-5-4-6-21(22)29/h4-7,12-15,17-18H,8-11,16H2,1-3H3,(H,30,36)(H,31,34)(H,32,35). The van der Waals surface area contributed by atoms with Crippen LogP contribution in [0.5, 0.6) is 0 Å². The van der Waals surface area contributed by atoms with Crippen LogP contribution in [0, 0.1) is 11.7 Å². The van der Waals surface area contributed by atoms with Crippen LogP contribution in [-0.2, 0) is 14.3 Å². The normalized spacial score (nSPS) is 17.2. The molecule has 0 saturated heterocycles. The molecule has 0 bridgehead atoms. The van der Waals surface area contributed by atoms with Gasteiger partial charge in [0.25, 0.3) is 0 Å². The first-order chi connectivity index (χ1) is 18.6. The number of halogens is 1. The number of rotatable bonds is 9. The predicted octanol–water partition coefficient (Wildman–Crippen LogP) is 4.94. The largest absolute Gasteiger partial charge is 0.467 e. The van der Waals surface area contributed by atoms with Crippen LogP contribution in [0.25, 0.3) is 0 Å². The number of benzene rings is 2. The first-order valence-electron chi connectivity index (χ1n) is 12.8. The lowest BCUT2D eigenvalue weighted by molar-refractivity contribution is -0.149. The lowest BCUT2D eigenvalue weighted by Crippen LogP contribution is -2.50. The van der Waals surface area contributed by atoms with Crippen molar-refractivity contribution in [3.8, 4) is 0 Å². The van der Waals surface area contributed by atoms with E-state index in [4.69, 9.17) is 9.15 Å². The van der Waals surface area contributed by atoms with Gasteiger partial charge in [-0.1, -0.05) is 29.4 Å². The van der Waals surface area contributed by atoms with Gasteiger partial charge in [0.1, 0.15) is 11.4 Å². The highest BCUT2D eigenvalue weighted by molar-refractivity contribution is 6.00. The summed E-state index contributed by atoms with van der Waals surface area (Å²) in [5.74, 6) is -1.31. The number of nitrogens with zero attached hydrogens (tertiary/aromatic N) is 2. The maximum absolute atomic E-state index is 13.8. The Morgan fingerprint density at radius 2 is 1.72 bits per heavy atom. The zero-order valence-electron chi connectivity index (χ0n) is 22.1. The molecule has 0 atom stereocenters. The third-order valence-electron chi connectivity index (χ3n) is 6.84. The van der Waals surface area contributed by atoms with Crippen molar-refractivity contribution in [2.75, 3.05) is 17.7 Å². The molecule has 206 valence electrons. The first-order valence-corrected chi connectivity index (χ1v) is 12.8. The van der Waals surface area contributed by atoms with Crippen LogP contribution in [0.2, 0.25) is 0 Å². The average Bonchev–Trinajstić information content (AvgIpc) is 3.39. The summed E-state index contributed by atoms with van der Waals surface area (Å²) in [5.41, 5.74) is 0.842. The highest BCUT2D eigenvalue weighted by Crippen LogP contribution is 2.37. The summed E-state index contributed by atoms with van der Waals surface area (Å²) in [6.45, 7) is 3.26. The second kappa shape index (κ2) is 12.1. The van der Waals surface area contributed by atoms with Crippen molar-refractivity contribution in [2.45, 2.75) is 57.4 Å². The Labute approximate surface area is 225 Å². The SMILES string of the molecule is COC(=O)C(C)(C)NC(=O)CC1CCC(c2ccc(NC(=O)c3nnc(Nc4ccccc4F)o3)cc2)CC1. The summed E-state index contributed by atoms with van der Waals surface area (Å²) in [6, 6.07) is 13.5. The third kappa shape index (κ3) is 7.18. The minimum Gasteiger partial charge on any atom is -0.467 e. The molecule has 1 aliphatic carbocycles. The summed E-state index contributed by atoms with van der Waals surface area (Å²) in [6.07, 6.45) is 4.10. The van der Waals surface area contributed by atoms with Gasteiger partial charge in [-0.2, -0.15) is 0 Å². The number of anilines is 3. The van der Waals surface area contributed by atoms with Crippen molar-refractivity contribution in [1.82, 2.24) is 15.5 Å². The van der Waals surface area contributed by atoms with Gasteiger partial charge in [-0.3, -0.25) is 9.59 Å². The number of carbonyl (C=O) groups is 3. The number of hydrogen-bond donors (Lipinski definition) is 3. The molecular weight excluding hydrogens is 505 g/mol. The van der Waals surface area contributed by atoms with Crippen LogP contribution in [0.3, 0.4) is 0 Å². The molecule has 11 heteroatoms. The van der Waals surface area contributed by atoms with Gasteiger partial charge in [-0.05, 0) is 81.2 Å². The maximum Gasteiger partial charge on any atom is 0.330 e. The summed E-state index contributed by atoms with van der Waals surface area (Å²) in [4.78, 5) is 36.8. The molecule has 0 spiro atoms. The second-order valence-corrected chi connectivity index (χ2v) is 10.2. The minimum absolute atomic E-state index is 0.0964. The van der Waals surface area contributed by atoms with E-state index in [1.54, 1.807) is 26.0 Å². The molecule has 39 heavy (non-hydrogen) atoms. The van der Waals surface area contributed by atoms with E-state index >= 15 is 0 Å². The highest BCUT2D eigenvalue weighted by Gasteiger charge is 2.32. The topological polar surface area (TPSA) is 135 Å². The molecule has 0 aliphatic heterocycles. The van der Waals surface area contributed by atoms with Crippen LogP contribution >= 0.6 is 0 Å². The number of aromatic nitrogens is 2. The van der Waals surface area contributed by atoms with Gasteiger partial charge in [0.2, 0.25) is 5.91 Å². The molecule has 1 aromatic heterocycles. The van der Waals surface area contributed by atoms with Crippen molar-refractivity contribution in [3.63, 3.8) is 0 Å². The predicted molar refractivity (Wildman–Crippen MR) is 142 cm³/mol. The zero-order valence-corrected chi connectivity index (χ0v) is 22.1. The van der Waals surface area contributed by atoms with Crippen LogP contribution in [0.1, 0.15) is 68.1 Å². The molecule has 1 saturated carbocycles. The number of esters is 1. The molecule has 2 aromatic carbocycles. The van der Waals surface area contributed by atoms with Crippen molar-refractivity contribution < 1.29 is 27.9 Å². The molecule has 1 fully saturated rings. The van der Waals surface area contributed by atoms with Crippen LogP contribution in [0.4, 0.5) is 21.8 Å². The Balaban J connectivity index is 1.25. The molecule has 3 aromatic rings. The minimum atomic E-state index is -1.05. The molecule has 4 rings (SSSR count). The van der Waals surface area contributed by atoms with E-state index < -0.39 is 23.2 Å². The number of ether oxygens (including phenoxy) is 1. The average molecular weight is 538 g/mol. The molecule has 3 N–H and O–H groups in total. The Hall–Kier alpha value is -4.28. The number of para-hydroxylation sites is 1.